The number of hydrogen-bond donors (Lipinski definition) is 2. The highest BCUT2D eigenvalue weighted by Gasteiger charge is 2.16. The predicted molar refractivity (Wildman–Crippen MR) is 69.6 cm³/mol. The maximum atomic E-state index is 11.3. The average molecular weight is 268 g/mol. The number of anilines is 1. The largest absolute Gasteiger partial charge is 0.395 e. The number of aryl methyl sites for hydroxylation is 2. The van der Waals surface area contributed by atoms with Gasteiger partial charge in [0.1, 0.15) is 5.03 Å². The lowest BCUT2D eigenvalue weighted by Crippen LogP contribution is -2.13. The van der Waals surface area contributed by atoms with Gasteiger partial charge in [0.05, 0.1) is 11.4 Å². The molecule has 2 aromatic heterocycles. The number of H-pyrrole nitrogens is 1. The SMILES string of the molecule is CCCc1nn(C)c(Sc2n[nH]c(=O)n2C)c1N. The van der Waals surface area contributed by atoms with Crippen LogP contribution in [0, 0.1) is 0 Å². The van der Waals surface area contributed by atoms with Crippen molar-refractivity contribution in [3.05, 3.63) is 16.2 Å². The van der Waals surface area contributed by atoms with Crippen LogP contribution >= 0.6 is 11.8 Å². The standard InChI is InChI=1S/C10H16N6OS/c1-4-5-6-7(11)8(16(3)14-6)18-10-13-12-9(17)15(10)2/h4-5,11H2,1-3H3,(H,12,17). The molecule has 0 radical (unpaired) electrons. The number of nitrogen functional groups attached to an aromatic ring is 1. The lowest BCUT2D eigenvalue weighted by Gasteiger charge is -2.01. The molecule has 3 N–H and O–H groups in total. The molecule has 0 spiro atoms. The zero-order chi connectivity index (χ0) is 13.3. The van der Waals surface area contributed by atoms with Crippen LogP contribution in [0.2, 0.25) is 0 Å². The number of nitrogens with one attached hydrogen (secondary N) is 1. The normalized spacial score (nSPS) is 11.1. The van der Waals surface area contributed by atoms with Gasteiger partial charge in [-0.25, -0.2) is 9.89 Å². The molecule has 2 aromatic rings. The number of aromatic nitrogens is 5. The highest BCUT2D eigenvalue weighted by atomic mass is 32.2. The molecule has 7 nitrogen and oxygen atoms in total. The van der Waals surface area contributed by atoms with Gasteiger partial charge in [-0.05, 0) is 18.2 Å². The Morgan fingerprint density at radius 1 is 1.44 bits per heavy atom. The Morgan fingerprint density at radius 2 is 2.17 bits per heavy atom. The summed E-state index contributed by atoms with van der Waals surface area (Å²) in [6.07, 6.45) is 1.84. The minimum absolute atomic E-state index is 0.243. The van der Waals surface area contributed by atoms with Gasteiger partial charge in [0.15, 0.2) is 5.16 Å². The van der Waals surface area contributed by atoms with Crippen molar-refractivity contribution in [3.63, 3.8) is 0 Å². The first-order chi connectivity index (χ1) is 8.54. The first kappa shape index (κ1) is 12.7. The van der Waals surface area contributed by atoms with E-state index in [2.05, 4.69) is 22.2 Å². The van der Waals surface area contributed by atoms with Crippen LogP contribution in [0.1, 0.15) is 19.0 Å². The molecule has 8 heteroatoms. The predicted octanol–water partition coefficient (Wildman–Crippen LogP) is 0.528. The molecule has 0 aromatic carbocycles. The van der Waals surface area contributed by atoms with E-state index in [0.717, 1.165) is 23.6 Å². The molecular formula is C10H16N6OS. The highest BCUT2D eigenvalue weighted by Crippen LogP contribution is 2.31. The molecule has 18 heavy (non-hydrogen) atoms. The van der Waals surface area contributed by atoms with Gasteiger partial charge in [-0.1, -0.05) is 13.3 Å². The van der Waals surface area contributed by atoms with Crippen molar-refractivity contribution in [2.75, 3.05) is 5.73 Å². The summed E-state index contributed by atoms with van der Waals surface area (Å²) in [4.78, 5) is 11.3. The van der Waals surface area contributed by atoms with E-state index in [9.17, 15) is 4.79 Å². The van der Waals surface area contributed by atoms with Gasteiger partial charge in [0.25, 0.3) is 0 Å². The Kier molecular flexibility index (Phi) is 3.46. The molecule has 0 amide bonds. The van der Waals surface area contributed by atoms with Gasteiger partial charge in [0.2, 0.25) is 0 Å². The molecule has 0 aliphatic carbocycles. The van der Waals surface area contributed by atoms with Gasteiger partial charge in [-0.15, -0.1) is 5.10 Å². The number of aromatic amines is 1. The van der Waals surface area contributed by atoms with Gasteiger partial charge >= 0.3 is 5.69 Å². The Morgan fingerprint density at radius 3 is 2.72 bits per heavy atom. The van der Waals surface area contributed by atoms with Crippen molar-refractivity contribution >= 4 is 17.4 Å². The first-order valence-electron chi connectivity index (χ1n) is 5.65. The van der Waals surface area contributed by atoms with E-state index in [1.54, 1.807) is 11.7 Å². The van der Waals surface area contributed by atoms with E-state index in [1.807, 2.05) is 7.05 Å². The fraction of sp³-hybridized carbons (Fsp3) is 0.500. The van der Waals surface area contributed by atoms with E-state index < -0.39 is 0 Å². The van der Waals surface area contributed by atoms with Crippen LogP contribution in [-0.2, 0) is 20.5 Å². The van der Waals surface area contributed by atoms with E-state index in [0.29, 0.717) is 10.8 Å². The highest BCUT2D eigenvalue weighted by molar-refractivity contribution is 7.99. The van der Waals surface area contributed by atoms with E-state index in [1.165, 1.54) is 16.3 Å². The van der Waals surface area contributed by atoms with Crippen molar-refractivity contribution < 1.29 is 0 Å². The molecule has 0 atom stereocenters. The Labute approximate surface area is 108 Å². The molecular weight excluding hydrogens is 252 g/mol. The molecule has 0 saturated heterocycles. The number of rotatable bonds is 4. The van der Waals surface area contributed by atoms with Crippen LogP contribution in [-0.4, -0.2) is 24.5 Å². The molecule has 0 fully saturated rings. The van der Waals surface area contributed by atoms with Crippen LogP contribution < -0.4 is 11.4 Å². The Bertz CT molecular complexity index is 610. The quantitative estimate of drug-likeness (QED) is 0.843. The molecule has 98 valence electrons. The van der Waals surface area contributed by atoms with E-state index in [4.69, 9.17) is 5.73 Å². The number of nitrogens with two attached hydrogens (primary N) is 1. The summed E-state index contributed by atoms with van der Waals surface area (Å²) in [6.45, 7) is 2.08. The maximum absolute atomic E-state index is 11.3. The molecule has 0 unspecified atom stereocenters. The Balaban J connectivity index is 2.34. The molecule has 0 bridgehead atoms. The second kappa shape index (κ2) is 4.89. The van der Waals surface area contributed by atoms with Crippen molar-refractivity contribution in [1.29, 1.82) is 0 Å². The molecule has 2 heterocycles. The van der Waals surface area contributed by atoms with Gasteiger partial charge in [-0.2, -0.15) is 5.10 Å². The zero-order valence-electron chi connectivity index (χ0n) is 10.6. The fourth-order valence-electron chi connectivity index (χ4n) is 1.63. The summed E-state index contributed by atoms with van der Waals surface area (Å²) in [6, 6.07) is 0. The summed E-state index contributed by atoms with van der Waals surface area (Å²) in [5, 5.41) is 12.1. The van der Waals surface area contributed by atoms with Gasteiger partial charge < -0.3 is 5.73 Å². The lowest BCUT2D eigenvalue weighted by molar-refractivity contribution is 0.678. The molecule has 0 aliphatic heterocycles. The van der Waals surface area contributed by atoms with Crippen molar-refractivity contribution in [2.24, 2.45) is 14.1 Å². The minimum atomic E-state index is -0.243. The van der Waals surface area contributed by atoms with Crippen LogP contribution in [0.3, 0.4) is 0 Å². The second-order valence-electron chi connectivity index (χ2n) is 4.01. The van der Waals surface area contributed by atoms with E-state index in [-0.39, 0.29) is 5.69 Å². The first-order valence-corrected chi connectivity index (χ1v) is 6.46. The molecule has 0 saturated carbocycles. The van der Waals surface area contributed by atoms with Crippen molar-refractivity contribution in [2.45, 2.75) is 29.9 Å². The Hall–Kier alpha value is -1.70. The summed E-state index contributed by atoms with van der Waals surface area (Å²) in [5.74, 6) is 0. The van der Waals surface area contributed by atoms with Crippen LogP contribution in [0.25, 0.3) is 0 Å². The maximum Gasteiger partial charge on any atom is 0.343 e. The third-order valence-corrected chi connectivity index (χ3v) is 3.84. The van der Waals surface area contributed by atoms with Crippen LogP contribution in [0.5, 0.6) is 0 Å². The number of hydrogen-bond acceptors (Lipinski definition) is 5. The summed E-state index contributed by atoms with van der Waals surface area (Å²) in [7, 11) is 3.50. The van der Waals surface area contributed by atoms with Crippen molar-refractivity contribution in [3.8, 4) is 0 Å². The van der Waals surface area contributed by atoms with Gasteiger partial charge in [0, 0.05) is 14.1 Å². The lowest BCUT2D eigenvalue weighted by atomic mass is 10.2. The topological polar surface area (TPSA) is 94.5 Å². The molecule has 0 aliphatic rings. The smallest absolute Gasteiger partial charge is 0.343 e. The minimum Gasteiger partial charge on any atom is -0.395 e. The average Bonchev–Trinajstić information content (AvgIpc) is 2.78. The van der Waals surface area contributed by atoms with Crippen LogP contribution in [0.4, 0.5) is 5.69 Å². The summed E-state index contributed by atoms with van der Waals surface area (Å²) in [5.41, 5.74) is 7.38. The third kappa shape index (κ3) is 2.15. The number of nitrogens with zero attached hydrogens (tertiary/aromatic N) is 4. The monoisotopic (exact) mass is 268 g/mol. The summed E-state index contributed by atoms with van der Waals surface area (Å²) >= 11 is 1.33. The summed E-state index contributed by atoms with van der Waals surface area (Å²) < 4.78 is 3.17. The second-order valence-corrected chi connectivity index (χ2v) is 4.97. The third-order valence-electron chi connectivity index (χ3n) is 2.62. The zero-order valence-corrected chi connectivity index (χ0v) is 11.4. The van der Waals surface area contributed by atoms with Gasteiger partial charge in [-0.3, -0.25) is 9.25 Å². The van der Waals surface area contributed by atoms with Crippen LogP contribution in [0.15, 0.2) is 15.0 Å². The van der Waals surface area contributed by atoms with E-state index >= 15 is 0 Å². The fourth-order valence-corrected chi connectivity index (χ4v) is 2.52. The van der Waals surface area contributed by atoms with Crippen molar-refractivity contribution in [1.82, 2.24) is 24.5 Å². The molecule has 2 rings (SSSR count).